The lowest BCUT2D eigenvalue weighted by molar-refractivity contribution is 0.532. The molecular formula is C9H17N3. The summed E-state index contributed by atoms with van der Waals surface area (Å²) in [5, 5.41) is 0. The van der Waals surface area contributed by atoms with Crippen molar-refractivity contribution in [2.75, 3.05) is 0 Å². The van der Waals surface area contributed by atoms with Crippen LogP contribution in [0.1, 0.15) is 26.2 Å². The van der Waals surface area contributed by atoms with Gasteiger partial charge in [0, 0.05) is 0 Å². The molecule has 0 aliphatic heterocycles. The Hall–Kier alpha value is -1.12. The smallest absolute Gasteiger partial charge is 0.0972 e. The first-order valence-corrected chi connectivity index (χ1v) is 4.33. The van der Waals surface area contributed by atoms with Crippen LogP contribution in [0.15, 0.2) is 23.2 Å². The molecule has 0 aromatic heterocycles. The summed E-state index contributed by atoms with van der Waals surface area (Å²) in [5.74, 6) is 0.887. The van der Waals surface area contributed by atoms with Gasteiger partial charge in [0.15, 0.2) is 0 Å². The Kier molecular flexibility index (Phi) is 2.63. The fourth-order valence-electron chi connectivity index (χ4n) is 1.84. The van der Waals surface area contributed by atoms with E-state index < -0.39 is 0 Å². The zero-order valence-corrected chi connectivity index (χ0v) is 7.51. The van der Waals surface area contributed by atoms with E-state index in [-0.39, 0.29) is 0 Å². The van der Waals surface area contributed by atoms with E-state index in [0.717, 1.165) is 24.0 Å². The predicted octanol–water partition coefficient (Wildman–Crippen LogP) is 0.778. The topological polar surface area (TPSA) is 78.1 Å². The number of hydrogen-bond donors (Lipinski definition) is 3. The van der Waals surface area contributed by atoms with Crippen molar-refractivity contribution in [3.05, 3.63) is 23.2 Å². The van der Waals surface area contributed by atoms with Gasteiger partial charge in [-0.1, -0.05) is 6.92 Å². The highest BCUT2D eigenvalue weighted by Crippen LogP contribution is 2.33. The Bertz CT molecular complexity index is 224. The summed E-state index contributed by atoms with van der Waals surface area (Å²) < 4.78 is 0. The highest BCUT2D eigenvalue weighted by molar-refractivity contribution is 5.36. The van der Waals surface area contributed by atoms with Crippen molar-refractivity contribution in [3.63, 3.8) is 0 Å². The molecule has 3 heteroatoms. The molecule has 12 heavy (non-hydrogen) atoms. The second kappa shape index (κ2) is 3.52. The molecule has 0 amide bonds. The summed E-state index contributed by atoms with van der Waals surface area (Å²) in [5.41, 5.74) is 18.8. The van der Waals surface area contributed by atoms with Gasteiger partial charge in [0.05, 0.1) is 5.82 Å². The minimum Gasteiger partial charge on any atom is -0.404 e. The highest BCUT2D eigenvalue weighted by Gasteiger charge is 2.20. The summed E-state index contributed by atoms with van der Waals surface area (Å²) in [6.45, 7) is 2.14. The maximum atomic E-state index is 5.58. The molecule has 1 aliphatic carbocycles. The molecule has 0 radical (unpaired) electrons. The molecule has 0 aromatic carbocycles. The maximum Gasteiger partial charge on any atom is 0.0972 e. The van der Waals surface area contributed by atoms with Gasteiger partial charge in [-0.2, -0.15) is 0 Å². The predicted molar refractivity (Wildman–Crippen MR) is 50.7 cm³/mol. The molecule has 1 saturated carbocycles. The second-order valence-corrected chi connectivity index (χ2v) is 3.35. The van der Waals surface area contributed by atoms with Crippen molar-refractivity contribution < 1.29 is 0 Å². The zero-order valence-electron chi connectivity index (χ0n) is 7.51. The van der Waals surface area contributed by atoms with E-state index >= 15 is 0 Å². The maximum absolute atomic E-state index is 5.58. The molecule has 0 spiro atoms. The van der Waals surface area contributed by atoms with Crippen molar-refractivity contribution in [1.82, 2.24) is 0 Å². The third-order valence-corrected chi connectivity index (χ3v) is 2.43. The SMILES string of the molecule is CC1CCC/C(=C/N)C1=C(N)N. The van der Waals surface area contributed by atoms with Crippen molar-refractivity contribution in [3.8, 4) is 0 Å². The van der Waals surface area contributed by atoms with E-state index in [9.17, 15) is 0 Å². The molecule has 68 valence electrons. The van der Waals surface area contributed by atoms with Crippen LogP contribution in [0.4, 0.5) is 0 Å². The average Bonchev–Trinajstić information content (AvgIpc) is 2.03. The molecule has 1 atom stereocenters. The number of rotatable bonds is 0. The van der Waals surface area contributed by atoms with Gasteiger partial charge < -0.3 is 17.2 Å². The van der Waals surface area contributed by atoms with Crippen LogP contribution in [0.2, 0.25) is 0 Å². The van der Waals surface area contributed by atoms with E-state index in [1.807, 2.05) is 0 Å². The summed E-state index contributed by atoms with van der Waals surface area (Å²) in [7, 11) is 0. The molecule has 0 saturated heterocycles. The lowest BCUT2D eigenvalue weighted by Crippen LogP contribution is -2.21. The van der Waals surface area contributed by atoms with Crippen molar-refractivity contribution >= 4 is 0 Å². The molecule has 0 bridgehead atoms. The molecule has 1 fully saturated rings. The van der Waals surface area contributed by atoms with Crippen molar-refractivity contribution in [2.24, 2.45) is 23.1 Å². The van der Waals surface area contributed by atoms with Gasteiger partial charge >= 0.3 is 0 Å². The molecule has 3 nitrogen and oxygen atoms in total. The summed E-state index contributed by atoms with van der Waals surface area (Å²) in [6, 6.07) is 0. The van der Waals surface area contributed by atoms with Gasteiger partial charge in [0.2, 0.25) is 0 Å². The first-order chi connectivity index (χ1) is 5.66. The molecule has 1 unspecified atom stereocenters. The zero-order chi connectivity index (χ0) is 9.14. The normalized spacial score (nSPS) is 27.6. The molecule has 0 aromatic rings. The van der Waals surface area contributed by atoms with Crippen LogP contribution in [-0.4, -0.2) is 0 Å². The largest absolute Gasteiger partial charge is 0.404 e. The Morgan fingerprint density at radius 2 is 2.17 bits per heavy atom. The van der Waals surface area contributed by atoms with Crippen molar-refractivity contribution in [1.29, 1.82) is 0 Å². The molecule has 6 N–H and O–H groups in total. The Balaban J connectivity index is 2.97. The van der Waals surface area contributed by atoms with Crippen molar-refractivity contribution in [2.45, 2.75) is 26.2 Å². The average molecular weight is 167 g/mol. The van der Waals surface area contributed by atoms with Crippen LogP contribution in [0.25, 0.3) is 0 Å². The monoisotopic (exact) mass is 167 g/mol. The molecular weight excluding hydrogens is 150 g/mol. The Morgan fingerprint density at radius 3 is 2.58 bits per heavy atom. The van der Waals surface area contributed by atoms with Gasteiger partial charge in [0.25, 0.3) is 0 Å². The third-order valence-electron chi connectivity index (χ3n) is 2.43. The number of allylic oxidation sites excluding steroid dienone is 2. The first-order valence-electron chi connectivity index (χ1n) is 4.33. The van der Waals surface area contributed by atoms with Gasteiger partial charge in [-0.3, -0.25) is 0 Å². The van der Waals surface area contributed by atoms with Gasteiger partial charge in [-0.05, 0) is 42.5 Å². The molecule has 1 aliphatic rings. The third kappa shape index (κ3) is 1.55. The summed E-state index contributed by atoms with van der Waals surface area (Å²) in [6.07, 6.45) is 4.98. The molecule has 1 rings (SSSR count). The van der Waals surface area contributed by atoms with Gasteiger partial charge in [0.1, 0.15) is 0 Å². The van der Waals surface area contributed by atoms with E-state index in [1.54, 1.807) is 6.20 Å². The number of hydrogen-bond acceptors (Lipinski definition) is 3. The van der Waals surface area contributed by atoms with Crippen LogP contribution in [0.3, 0.4) is 0 Å². The molecule has 0 heterocycles. The Morgan fingerprint density at radius 1 is 1.50 bits per heavy atom. The lowest BCUT2D eigenvalue weighted by atomic mass is 9.82. The summed E-state index contributed by atoms with van der Waals surface area (Å²) in [4.78, 5) is 0. The van der Waals surface area contributed by atoms with Crippen LogP contribution in [-0.2, 0) is 0 Å². The van der Waals surface area contributed by atoms with E-state index in [4.69, 9.17) is 17.2 Å². The van der Waals surface area contributed by atoms with Crippen LogP contribution in [0.5, 0.6) is 0 Å². The first kappa shape index (κ1) is 8.97. The quantitative estimate of drug-likeness (QED) is 0.499. The van der Waals surface area contributed by atoms with E-state index in [1.165, 1.54) is 6.42 Å². The minimum atomic E-state index is 0.430. The second-order valence-electron chi connectivity index (χ2n) is 3.35. The number of nitrogens with two attached hydrogens (primary N) is 3. The minimum absolute atomic E-state index is 0.430. The van der Waals surface area contributed by atoms with Gasteiger partial charge in [-0.15, -0.1) is 0 Å². The highest BCUT2D eigenvalue weighted by atomic mass is 14.8. The Labute approximate surface area is 73.3 Å². The fraction of sp³-hybridized carbons (Fsp3) is 0.556. The van der Waals surface area contributed by atoms with E-state index in [2.05, 4.69) is 6.92 Å². The van der Waals surface area contributed by atoms with Gasteiger partial charge in [-0.25, -0.2) is 0 Å². The van der Waals surface area contributed by atoms with Crippen LogP contribution >= 0.6 is 0 Å². The van der Waals surface area contributed by atoms with Crippen LogP contribution in [0, 0.1) is 5.92 Å². The standard InChI is InChI=1S/C9H17N3/c1-6-3-2-4-7(5-10)8(6)9(11)12/h5-6H,2-4,10-12H2,1H3/b7-5-. The fourth-order valence-corrected chi connectivity index (χ4v) is 1.84. The van der Waals surface area contributed by atoms with Crippen LogP contribution < -0.4 is 17.2 Å². The lowest BCUT2D eigenvalue weighted by Gasteiger charge is -2.25. The van der Waals surface area contributed by atoms with E-state index in [0.29, 0.717) is 11.7 Å². The summed E-state index contributed by atoms with van der Waals surface area (Å²) >= 11 is 0.